The van der Waals surface area contributed by atoms with Gasteiger partial charge >= 0.3 is 0 Å². The number of halogens is 4. The van der Waals surface area contributed by atoms with Gasteiger partial charge in [-0.05, 0) is 26.7 Å². The molecule has 0 spiro atoms. The molecule has 3 N–H and O–H groups in total. The van der Waals surface area contributed by atoms with Crippen LogP contribution < -0.4 is 11.1 Å². The smallest absolute Gasteiger partial charge is 0.256 e. The van der Waals surface area contributed by atoms with Crippen LogP contribution in [0.25, 0.3) is 0 Å². The van der Waals surface area contributed by atoms with Crippen molar-refractivity contribution in [3.63, 3.8) is 0 Å². The van der Waals surface area contributed by atoms with Crippen LogP contribution in [0.4, 0.5) is 17.6 Å². The van der Waals surface area contributed by atoms with E-state index in [2.05, 4.69) is 17.9 Å². The number of hydrogen-bond donors (Lipinski definition) is 3. The largest absolute Gasteiger partial charge is 0.371 e. The summed E-state index contributed by atoms with van der Waals surface area (Å²) in [6.45, 7) is 2.95. The van der Waals surface area contributed by atoms with E-state index in [0.717, 1.165) is 0 Å². The summed E-state index contributed by atoms with van der Waals surface area (Å²) in [5, 5.41) is 2.76. The molecular formula is C13H26F4Mn2N2O2S2. The zero-order valence-corrected chi connectivity index (χ0v) is 18.2. The van der Waals surface area contributed by atoms with Crippen LogP contribution in [0.5, 0.6) is 0 Å². The molecule has 2 radical (unpaired) electrons. The van der Waals surface area contributed by atoms with Crippen LogP contribution in [0.1, 0.15) is 26.7 Å². The van der Waals surface area contributed by atoms with Gasteiger partial charge in [0.15, 0.2) is 0 Å². The standard InChI is InChI=1S/C13H26F4N2O2S2.2Mn/c1-12(18,10(14)15)3-5-21-9-23-7-19-13(2,11(16)17)4-6-20-8-22;;/h10-11,19,22H,3-9,18H2,1-2H3;;. The Labute approximate surface area is 177 Å². The fourth-order valence-corrected chi connectivity index (χ4v) is 2.28. The summed E-state index contributed by atoms with van der Waals surface area (Å²) >= 11 is 5.09. The van der Waals surface area contributed by atoms with Crippen molar-refractivity contribution in [1.29, 1.82) is 0 Å². The molecule has 4 nitrogen and oxygen atoms in total. The first-order valence-corrected chi connectivity index (χ1v) is 8.88. The Bertz CT molecular complexity index is 326. The SMILES string of the molecule is CC(N)(CCOCSCNC(C)(CCOCS)C(F)F)C(F)F.[Mn].[Mn]. The molecule has 2 atom stereocenters. The van der Waals surface area contributed by atoms with Crippen molar-refractivity contribution in [2.45, 2.75) is 50.6 Å². The average molecular weight is 492 g/mol. The Hall–Kier alpha value is 1.30. The van der Waals surface area contributed by atoms with Crippen molar-refractivity contribution in [3.8, 4) is 0 Å². The number of nitrogens with two attached hydrogens (primary N) is 1. The molecule has 12 heteroatoms. The minimum absolute atomic E-state index is 0. The number of rotatable bonds is 14. The summed E-state index contributed by atoms with van der Waals surface area (Å²) in [4.78, 5) is 0. The van der Waals surface area contributed by atoms with Crippen molar-refractivity contribution in [2.75, 3.05) is 31.0 Å². The summed E-state index contributed by atoms with van der Waals surface area (Å²) < 4.78 is 61.3. The van der Waals surface area contributed by atoms with Gasteiger partial charge in [-0.1, -0.05) is 0 Å². The molecule has 0 saturated heterocycles. The topological polar surface area (TPSA) is 56.5 Å². The number of hydrogen-bond acceptors (Lipinski definition) is 6. The molecule has 0 aliphatic heterocycles. The first kappa shape index (κ1) is 31.0. The molecule has 0 heterocycles. The van der Waals surface area contributed by atoms with Crippen LogP contribution in [0.3, 0.4) is 0 Å². The Balaban J connectivity index is -0.00000242. The third kappa shape index (κ3) is 14.0. The quantitative estimate of drug-likeness (QED) is 0.115. The minimum atomic E-state index is -2.62. The summed E-state index contributed by atoms with van der Waals surface area (Å²) in [5.74, 6) is 0.635. The molecule has 154 valence electrons. The van der Waals surface area contributed by atoms with Gasteiger partial charge in [0.25, 0.3) is 12.9 Å². The number of nitrogens with one attached hydrogen (secondary N) is 1. The molecule has 0 aromatic rings. The average Bonchev–Trinajstić information content (AvgIpc) is 2.46. The van der Waals surface area contributed by atoms with Crippen molar-refractivity contribution in [3.05, 3.63) is 0 Å². The number of thioether (sulfide) groups is 1. The van der Waals surface area contributed by atoms with Crippen molar-refractivity contribution < 1.29 is 61.2 Å². The Kier molecular flexibility index (Phi) is 20.2. The zero-order valence-electron chi connectivity index (χ0n) is 14.1. The molecule has 0 saturated carbocycles. The third-order valence-electron chi connectivity index (χ3n) is 3.37. The van der Waals surface area contributed by atoms with Gasteiger partial charge in [0.05, 0.1) is 23.0 Å². The van der Waals surface area contributed by atoms with Crippen molar-refractivity contribution in [1.82, 2.24) is 5.32 Å². The van der Waals surface area contributed by atoms with Crippen LogP contribution in [-0.4, -0.2) is 54.9 Å². The second-order valence-electron chi connectivity index (χ2n) is 5.61. The number of alkyl halides is 4. The normalized spacial score (nSPS) is 16.1. The zero-order chi connectivity index (χ0) is 17.9. The maximum absolute atomic E-state index is 13.1. The van der Waals surface area contributed by atoms with Crippen LogP contribution in [0, 0.1) is 0 Å². The van der Waals surface area contributed by atoms with E-state index in [-0.39, 0.29) is 77.9 Å². The predicted molar refractivity (Wildman–Crippen MR) is 88.5 cm³/mol. The van der Waals surface area contributed by atoms with Gasteiger partial charge in [0, 0.05) is 53.2 Å². The first-order valence-electron chi connectivity index (χ1n) is 7.10. The van der Waals surface area contributed by atoms with Crippen molar-refractivity contribution >= 4 is 24.4 Å². The molecule has 2 unspecified atom stereocenters. The Morgan fingerprint density at radius 1 is 1.04 bits per heavy atom. The van der Waals surface area contributed by atoms with E-state index in [1.807, 2.05) is 0 Å². The molecule has 0 aromatic carbocycles. The maximum Gasteiger partial charge on any atom is 0.256 e. The van der Waals surface area contributed by atoms with E-state index >= 15 is 0 Å². The third-order valence-corrected chi connectivity index (χ3v) is 4.23. The van der Waals surface area contributed by atoms with E-state index < -0.39 is 23.9 Å². The van der Waals surface area contributed by atoms with Gasteiger partial charge in [0.1, 0.15) is 0 Å². The van der Waals surface area contributed by atoms with E-state index in [1.165, 1.54) is 25.6 Å². The molecule has 0 amide bonds. The Morgan fingerprint density at radius 3 is 2.08 bits per heavy atom. The summed E-state index contributed by atoms with van der Waals surface area (Å²) in [7, 11) is 0. The molecule has 0 rings (SSSR count). The maximum atomic E-state index is 13.1. The Morgan fingerprint density at radius 2 is 1.60 bits per heavy atom. The van der Waals surface area contributed by atoms with Crippen LogP contribution in [0.15, 0.2) is 0 Å². The van der Waals surface area contributed by atoms with E-state index in [0.29, 0.717) is 0 Å². The van der Waals surface area contributed by atoms with Gasteiger partial charge in [-0.2, -0.15) is 12.6 Å². The molecule has 0 aromatic heterocycles. The van der Waals surface area contributed by atoms with Crippen LogP contribution in [-0.2, 0) is 43.6 Å². The molecule has 0 aliphatic rings. The number of ether oxygens (including phenoxy) is 2. The van der Waals surface area contributed by atoms with E-state index in [9.17, 15) is 17.6 Å². The fourth-order valence-electron chi connectivity index (χ4n) is 1.40. The van der Waals surface area contributed by atoms with Crippen LogP contribution >= 0.6 is 24.4 Å². The fraction of sp³-hybridized carbons (Fsp3) is 1.00. The van der Waals surface area contributed by atoms with Gasteiger partial charge < -0.3 is 15.2 Å². The molecule has 0 aliphatic carbocycles. The summed E-state index contributed by atoms with van der Waals surface area (Å²) in [6, 6.07) is 0. The van der Waals surface area contributed by atoms with Gasteiger partial charge in [0.2, 0.25) is 0 Å². The second kappa shape index (κ2) is 16.3. The molecule has 25 heavy (non-hydrogen) atoms. The van der Waals surface area contributed by atoms with Gasteiger partial charge in [-0.3, -0.25) is 5.32 Å². The van der Waals surface area contributed by atoms with E-state index in [1.54, 1.807) is 0 Å². The van der Waals surface area contributed by atoms with E-state index in [4.69, 9.17) is 15.2 Å². The summed E-state index contributed by atoms with van der Waals surface area (Å²) in [5.41, 5.74) is 2.46. The predicted octanol–water partition coefficient (Wildman–Crippen LogP) is 2.93. The van der Waals surface area contributed by atoms with Crippen LogP contribution in [0.2, 0.25) is 0 Å². The van der Waals surface area contributed by atoms with Gasteiger partial charge in [-0.25, -0.2) is 17.6 Å². The second-order valence-corrected chi connectivity index (χ2v) is 6.80. The first-order chi connectivity index (χ1) is 10.7. The monoisotopic (exact) mass is 492 g/mol. The summed E-state index contributed by atoms with van der Waals surface area (Å²) in [6.07, 6.45) is -5.00. The van der Waals surface area contributed by atoms with Gasteiger partial charge in [-0.15, -0.1) is 11.8 Å². The van der Waals surface area contributed by atoms with Crippen molar-refractivity contribution in [2.24, 2.45) is 5.73 Å². The molecular weight excluding hydrogens is 466 g/mol. The molecule has 0 bridgehead atoms. The number of thiol groups is 1. The minimum Gasteiger partial charge on any atom is -0.371 e. The molecule has 0 fully saturated rings.